The minimum atomic E-state index is -4.83. The second kappa shape index (κ2) is 8.74. The molecule has 3 N–H and O–H groups in total. The molecular formula is C19H18F3N5O2. The minimum Gasteiger partial charge on any atom is -0.404 e. The average molecular weight is 405 g/mol. The molecule has 0 aliphatic carbocycles. The number of anilines is 3. The van der Waals surface area contributed by atoms with Crippen LogP contribution in [0.4, 0.5) is 30.6 Å². The second-order valence-electron chi connectivity index (χ2n) is 6.07. The van der Waals surface area contributed by atoms with Gasteiger partial charge in [-0.15, -0.1) is 13.2 Å². The standard InChI is InChI=1S/C19H18F3N5O2/c1-12(11-28)24-18-26-15(13-6-4-5-9-23-13)10-17(27-18)25-14-7-2-3-8-16(14)29-19(20,21)22/h2-10,12,28H,11H2,1H3,(H2,24,25,26,27)/t12-/m0/s1. The first-order chi connectivity index (χ1) is 13.8. The van der Waals surface area contributed by atoms with Gasteiger partial charge in [0.2, 0.25) is 5.95 Å². The predicted octanol–water partition coefficient (Wildman–Crippen LogP) is 3.97. The van der Waals surface area contributed by atoms with Gasteiger partial charge in [-0.2, -0.15) is 4.98 Å². The summed E-state index contributed by atoms with van der Waals surface area (Å²) >= 11 is 0. The summed E-state index contributed by atoms with van der Waals surface area (Å²) in [5, 5.41) is 15.0. The molecule has 0 aliphatic heterocycles. The second-order valence-corrected chi connectivity index (χ2v) is 6.07. The van der Waals surface area contributed by atoms with Gasteiger partial charge in [0.25, 0.3) is 0 Å². The minimum absolute atomic E-state index is 0.0802. The number of nitrogens with one attached hydrogen (secondary N) is 2. The Morgan fingerprint density at radius 3 is 2.52 bits per heavy atom. The third-order valence-corrected chi connectivity index (χ3v) is 3.68. The number of rotatable bonds is 7. The molecule has 0 aliphatic rings. The monoisotopic (exact) mass is 405 g/mol. The van der Waals surface area contributed by atoms with Gasteiger partial charge in [-0.05, 0) is 31.2 Å². The van der Waals surface area contributed by atoms with Gasteiger partial charge >= 0.3 is 6.36 Å². The van der Waals surface area contributed by atoms with E-state index in [4.69, 9.17) is 0 Å². The third-order valence-electron chi connectivity index (χ3n) is 3.68. The van der Waals surface area contributed by atoms with Gasteiger partial charge < -0.3 is 20.5 Å². The molecule has 0 spiro atoms. The Morgan fingerprint density at radius 2 is 1.83 bits per heavy atom. The molecule has 1 atom stereocenters. The van der Waals surface area contributed by atoms with E-state index in [2.05, 4.69) is 30.3 Å². The van der Waals surface area contributed by atoms with Crippen molar-refractivity contribution in [3.05, 3.63) is 54.7 Å². The van der Waals surface area contributed by atoms with Crippen molar-refractivity contribution < 1.29 is 23.0 Å². The van der Waals surface area contributed by atoms with Gasteiger partial charge in [-0.1, -0.05) is 18.2 Å². The molecule has 0 fully saturated rings. The fourth-order valence-corrected chi connectivity index (χ4v) is 2.41. The Bertz CT molecular complexity index is 954. The first-order valence-corrected chi connectivity index (χ1v) is 8.64. The maximum atomic E-state index is 12.7. The lowest BCUT2D eigenvalue weighted by molar-refractivity contribution is -0.274. The van der Waals surface area contributed by atoms with E-state index in [9.17, 15) is 18.3 Å². The number of ether oxygens (including phenoxy) is 1. The topological polar surface area (TPSA) is 92.2 Å². The van der Waals surface area contributed by atoms with Crippen LogP contribution >= 0.6 is 0 Å². The molecule has 2 heterocycles. The van der Waals surface area contributed by atoms with E-state index in [1.807, 2.05) is 0 Å². The molecule has 2 aromatic heterocycles. The normalized spacial score (nSPS) is 12.3. The van der Waals surface area contributed by atoms with Crippen molar-refractivity contribution in [2.75, 3.05) is 17.2 Å². The van der Waals surface area contributed by atoms with Crippen LogP contribution < -0.4 is 15.4 Å². The Balaban J connectivity index is 1.98. The quantitative estimate of drug-likeness (QED) is 0.548. The molecule has 3 rings (SSSR count). The predicted molar refractivity (Wildman–Crippen MR) is 102 cm³/mol. The zero-order valence-electron chi connectivity index (χ0n) is 15.3. The van der Waals surface area contributed by atoms with Gasteiger partial charge in [0.05, 0.1) is 23.7 Å². The zero-order valence-corrected chi connectivity index (χ0v) is 15.3. The number of hydrogen-bond donors (Lipinski definition) is 3. The van der Waals surface area contributed by atoms with Crippen molar-refractivity contribution in [3.8, 4) is 17.1 Å². The number of aromatic nitrogens is 3. The highest BCUT2D eigenvalue weighted by Gasteiger charge is 2.32. The lowest BCUT2D eigenvalue weighted by atomic mass is 10.2. The van der Waals surface area contributed by atoms with Crippen LogP contribution in [0.1, 0.15) is 6.92 Å². The number of para-hydroxylation sites is 2. The molecule has 0 amide bonds. The van der Waals surface area contributed by atoms with E-state index in [1.165, 1.54) is 18.2 Å². The summed E-state index contributed by atoms with van der Waals surface area (Å²) in [6.45, 7) is 1.58. The highest BCUT2D eigenvalue weighted by molar-refractivity contribution is 5.68. The van der Waals surface area contributed by atoms with Crippen LogP contribution in [0.15, 0.2) is 54.7 Å². The summed E-state index contributed by atoms with van der Waals surface area (Å²) in [5.41, 5.74) is 1.08. The highest BCUT2D eigenvalue weighted by atomic mass is 19.4. The van der Waals surface area contributed by atoms with Crippen LogP contribution in [-0.4, -0.2) is 39.1 Å². The number of benzene rings is 1. The lowest BCUT2D eigenvalue weighted by Gasteiger charge is -2.16. The number of aliphatic hydroxyl groups excluding tert-OH is 1. The van der Waals surface area contributed by atoms with Crippen molar-refractivity contribution in [2.45, 2.75) is 19.3 Å². The molecule has 3 aromatic rings. The van der Waals surface area contributed by atoms with Gasteiger partial charge in [0.15, 0.2) is 5.75 Å². The van der Waals surface area contributed by atoms with Crippen LogP contribution in [0, 0.1) is 0 Å². The summed E-state index contributed by atoms with van der Waals surface area (Å²) in [5.74, 6) is 0.0224. The maximum Gasteiger partial charge on any atom is 0.573 e. The number of aliphatic hydroxyl groups is 1. The van der Waals surface area contributed by atoms with E-state index in [-0.39, 0.29) is 30.1 Å². The summed E-state index contributed by atoms with van der Waals surface area (Å²) in [6.07, 6.45) is -3.23. The first kappa shape index (κ1) is 20.3. The largest absolute Gasteiger partial charge is 0.573 e. The molecule has 29 heavy (non-hydrogen) atoms. The Labute approximate surface area is 164 Å². The summed E-state index contributed by atoms with van der Waals surface area (Å²) in [4.78, 5) is 12.9. The smallest absolute Gasteiger partial charge is 0.404 e. The molecule has 0 saturated heterocycles. The van der Waals surface area contributed by atoms with Crippen LogP contribution in [0.3, 0.4) is 0 Å². The van der Waals surface area contributed by atoms with E-state index in [0.29, 0.717) is 11.4 Å². The van der Waals surface area contributed by atoms with Crippen LogP contribution in [-0.2, 0) is 0 Å². The number of pyridine rings is 1. The molecule has 0 unspecified atom stereocenters. The Hall–Kier alpha value is -3.40. The number of halogens is 3. The number of alkyl halides is 3. The Kier molecular flexibility index (Phi) is 6.13. The van der Waals surface area contributed by atoms with Crippen LogP contribution in [0.25, 0.3) is 11.4 Å². The van der Waals surface area contributed by atoms with E-state index in [1.54, 1.807) is 43.5 Å². The molecular weight excluding hydrogens is 387 g/mol. The molecule has 7 nitrogen and oxygen atoms in total. The van der Waals surface area contributed by atoms with E-state index < -0.39 is 12.1 Å². The van der Waals surface area contributed by atoms with E-state index in [0.717, 1.165) is 0 Å². The van der Waals surface area contributed by atoms with Crippen molar-refractivity contribution in [1.29, 1.82) is 0 Å². The van der Waals surface area contributed by atoms with Crippen molar-refractivity contribution in [2.24, 2.45) is 0 Å². The van der Waals surface area contributed by atoms with Gasteiger partial charge in [-0.25, -0.2) is 4.98 Å². The summed E-state index contributed by atoms with van der Waals surface area (Å²) in [7, 11) is 0. The Morgan fingerprint density at radius 1 is 1.07 bits per heavy atom. The number of nitrogens with zero attached hydrogens (tertiary/aromatic N) is 3. The number of hydrogen-bond acceptors (Lipinski definition) is 7. The highest BCUT2D eigenvalue weighted by Crippen LogP contribution is 2.32. The lowest BCUT2D eigenvalue weighted by Crippen LogP contribution is -2.21. The van der Waals surface area contributed by atoms with Crippen LogP contribution in [0.2, 0.25) is 0 Å². The van der Waals surface area contributed by atoms with Crippen LogP contribution in [0.5, 0.6) is 5.75 Å². The molecule has 10 heteroatoms. The summed E-state index contributed by atoms with van der Waals surface area (Å²) in [6, 6.07) is 12.1. The van der Waals surface area contributed by atoms with Gasteiger partial charge in [0, 0.05) is 18.3 Å². The van der Waals surface area contributed by atoms with Gasteiger partial charge in [0.1, 0.15) is 5.82 Å². The molecule has 152 valence electrons. The fourth-order valence-electron chi connectivity index (χ4n) is 2.41. The fraction of sp³-hybridized carbons (Fsp3) is 0.211. The van der Waals surface area contributed by atoms with Gasteiger partial charge in [-0.3, -0.25) is 4.98 Å². The third kappa shape index (κ3) is 5.79. The molecule has 1 aromatic carbocycles. The average Bonchev–Trinajstić information content (AvgIpc) is 2.69. The first-order valence-electron chi connectivity index (χ1n) is 8.64. The van der Waals surface area contributed by atoms with Crippen molar-refractivity contribution in [3.63, 3.8) is 0 Å². The van der Waals surface area contributed by atoms with Crippen molar-refractivity contribution >= 4 is 17.5 Å². The summed E-state index contributed by atoms with van der Waals surface area (Å²) < 4.78 is 42.1. The molecule has 0 bridgehead atoms. The van der Waals surface area contributed by atoms with Crippen molar-refractivity contribution in [1.82, 2.24) is 15.0 Å². The SMILES string of the molecule is C[C@@H](CO)Nc1nc(Nc2ccccc2OC(F)(F)F)cc(-c2ccccn2)n1. The molecule has 0 radical (unpaired) electrons. The van der Waals surface area contributed by atoms with E-state index >= 15 is 0 Å². The zero-order chi connectivity index (χ0) is 20.9. The molecule has 0 saturated carbocycles. The maximum absolute atomic E-state index is 12.7.